The molecule has 2 nitrogen and oxygen atoms in total. The topological polar surface area (TPSA) is 18.5 Å². The fourth-order valence-corrected chi connectivity index (χ4v) is 3.05. The van der Waals surface area contributed by atoms with Gasteiger partial charge in [-0.25, -0.2) is 0 Å². The highest BCUT2D eigenvalue weighted by molar-refractivity contribution is 6.74. The van der Waals surface area contributed by atoms with Crippen molar-refractivity contribution < 1.29 is 9.16 Å². The van der Waals surface area contributed by atoms with E-state index in [1.807, 2.05) is 30.3 Å². The van der Waals surface area contributed by atoms with Crippen molar-refractivity contribution in [3.63, 3.8) is 0 Å². The molecule has 0 saturated carbocycles. The van der Waals surface area contributed by atoms with E-state index in [1.54, 1.807) is 0 Å². The van der Waals surface area contributed by atoms with Gasteiger partial charge in [0.2, 0.25) is 8.32 Å². The van der Waals surface area contributed by atoms with E-state index in [4.69, 9.17) is 9.16 Å². The molecule has 0 aromatic heterocycles. The highest BCUT2D eigenvalue weighted by Crippen LogP contribution is 2.38. The van der Waals surface area contributed by atoms with Gasteiger partial charge in [0.05, 0.1) is 0 Å². The summed E-state index contributed by atoms with van der Waals surface area (Å²) in [4.78, 5) is 0. The molecule has 23 heavy (non-hydrogen) atoms. The van der Waals surface area contributed by atoms with E-state index < -0.39 is 8.32 Å². The Morgan fingerprint density at radius 1 is 0.957 bits per heavy atom. The monoisotopic (exact) mass is 328 g/mol. The lowest BCUT2D eigenvalue weighted by atomic mass is 10.2. The Bertz CT molecular complexity index is 642. The largest absolute Gasteiger partial charge is 0.543 e. The molecule has 0 aliphatic rings. The number of hydrogen-bond acceptors (Lipinski definition) is 2. The van der Waals surface area contributed by atoms with Gasteiger partial charge in [-0.2, -0.15) is 0 Å². The first-order valence-electron chi connectivity index (χ1n) is 8.15. The maximum atomic E-state index is 6.35. The van der Waals surface area contributed by atoms with Crippen molar-refractivity contribution in [3.8, 4) is 11.5 Å². The molecule has 2 rings (SSSR count). The molecule has 2 aromatic carbocycles. The number of ether oxygens (including phenoxy) is 1. The van der Waals surface area contributed by atoms with Crippen LogP contribution in [0.15, 0.2) is 48.5 Å². The van der Waals surface area contributed by atoms with Crippen LogP contribution in [0.3, 0.4) is 0 Å². The lowest BCUT2D eigenvalue weighted by Gasteiger charge is -2.36. The van der Waals surface area contributed by atoms with Gasteiger partial charge in [-0.05, 0) is 54.4 Å². The molecule has 0 heterocycles. The van der Waals surface area contributed by atoms with Crippen molar-refractivity contribution in [1.82, 2.24) is 0 Å². The van der Waals surface area contributed by atoms with Crippen molar-refractivity contribution in [2.24, 2.45) is 0 Å². The predicted molar refractivity (Wildman–Crippen MR) is 99.8 cm³/mol. The summed E-state index contributed by atoms with van der Waals surface area (Å²) in [5.74, 6) is 1.86. The van der Waals surface area contributed by atoms with Gasteiger partial charge in [0.25, 0.3) is 0 Å². The summed E-state index contributed by atoms with van der Waals surface area (Å²) in [5.41, 5.74) is 2.28. The summed E-state index contributed by atoms with van der Waals surface area (Å²) in [5, 5.41) is 0.198. The standard InChI is InChI=1S/C20H28O2Si/c1-16-14-18(22-23(5,6)20(2,3)4)12-13-19(16)21-15-17-10-8-7-9-11-17/h7-14H,15H2,1-6H3. The van der Waals surface area contributed by atoms with Gasteiger partial charge in [0, 0.05) is 0 Å². The van der Waals surface area contributed by atoms with E-state index in [0.717, 1.165) is 17.1 Å². The van der Waals surface area contributed by atoms with Crippen LogP contribution in [0.4, 0.5) is 0 Å². The molecule has 3 heteroatoms. The second kappa shape index (κ2) is 6.79. The van der Waals surface area contributed by atoms with Crippen molar-refractivity contribution >= 4 is 8.32 Å². The summed E-state index contributed by atoms with van der Waals surface area (Å²) in [6, 6.07) is 16.3. The van der Waals surface area contributed by atoms with E-state index in [2.05, 4.69) is 59.0 Å². The second-order valence-corrected chi connectivity index (χ2v) is 12.3. The fraction of sp³-hybridized carbons (Fsp3) is 0.400. The number of benzene rings is 2. The highest BCUT2D eigenvalue weighted by atomic mass is 28.4. The van der Waals surface area contributed by atoms with Crippen LogP contribution in [-0.4, -0.2) is 8.32 Å². The average Bonchev–Trinajstić information content (AvgIpc) is 2.46. The minimum atomic E-state index is -1.80. The van der Waals surface area contributed by atoms with Gasteiger partial charge in [-0.15, -0.1) is 0 Å². The minimum absolute atomic E-state index is 0.198. The molecule has 0 aliphatic heterocycles. The van der Waals surface area contributed by atoms with E-state index in [9.17, 15) is 0 Å². The zero-order chi connectivity index (χ0) is 17.1. The maximum absolute atomic E-state index is 6.35. The molecule has 0 unspecified atom stereocenters. The quantitative estimate of drug-likeness (QED) is 0.631. The lowest BCUT2D eigenvalue weighted by Crippen LogP contribution is -2.43. The number of rotatable bonds is 5. The Balaban J connectivity index is 2.06. The number of aryl methyl sites for hydroxylation is 1. The van der Waals surface area contributed by atoms with Crippen LogP contribution >= 0.6 is 0 Å². The third kappa shape index (κ3) is 4.61. The lowest BCUT2D eigenvalue weighted by molar-refractivity contribution is 0.303. The minimum Gasteiger partial charge on any atom is -0.543 e. The molecule has 0 aliphatic carbocycles. The molecule has 0 fully saturated rings. The molecule has 0 saturated heterocycles. The molecule has 124 valence electrons. The average molecular weight is 329 g/mol. The molecule has 2 aromatic rings. The summed E-state index contributed by atoms with van der Waals surface area (Å²) in [6.45, 7) is 13.9. The smallest absolute Gasteiger partial charge is 0.250 e. The summed E-state index contributed by atoms with van der Waals surface area (Å²) in [6.07, 6.45) is 0. The SMILES string of the molecule is Cc1cc(O[Si](C)(C)C(C)(C)C)ccc1OCc1ccccc1. The van der Waals surface area contributed by atoms with Crippen LogP contribution in [0.2, 0.25) is 18.1 Å². The van der Waals surface area contributed by atoms with Crippen LogP contribution in [0, 0.1) is 6.92 Å². The second-order valence-electron chi connectivity index (χ2n) is 7.56. The van der Waals surface area contributed by atoms with E-state index >= 15 is 0 Å². The first kappa shape index (κ1) is 17.6. The van der Waals surface area contributed by atoms with Crippen LogP contribution in [0.5, 0.6) is 11.5 Å². The Kier molecular flexibility index (Phi) is 5.20. The third-order valence-electron chi connectivity index (χ3n) is 4.56. The molecular weight excluding hydrogens is 300 g/mol. The molecule has 0 radical (unpaired) electrons. The van der Waals surface area contributed by atoms with Gasteiger partial charge in [-0.1, -0.05) is 51.1 Å². The fourth-order valence-electron chi connectivity index (χ4n) is 2.03. The van der Waals surface area contributed by atoms with Gasteiger partial charge in [-0.3, -0.25) is 0 Å². The van der Waals surface area contributed by atoms with Crippen LogP contribution in [0.25, 0.3) is 0 Å². The van der Waals surface area contributed by atoms with E-state index in [1.165, 1.54) is 5.56 Å². The number of hydrogen-bond donors (Lipinski definition) is 0. The van der Waals surface area contributed by atoms with Gasteiger partial charge < -0.3 is 9.16 Å². The molecule has 0 amide bonds. The third-order valence-corrected chi connectivity index (χ3v) is 8.92. The molecule has 0 N–H and O–H groups in total. The van der Waals surface area contributed by atoms with Crippen molar-refractivity contribution in [1.29, 1.82) is 0 Å². The molecule has 0 bridgehead atoms. The van der Waals surface area contributed by atoms with Gasteiger partial charge in [0.1, 0.15) is 18.1 Å². The van der Waals surface area contributed by atoms with Crippen LogP contribution in [-0.2, 0) is 6.61 Å². The maximum Gasteiger partial charge on any atom is 0.250 e. The first-order chi connectivity index (χ1) is 10.7. The van der Waals surface area contributed by atoms with Gasteiger partial charge >= 0.3 is 0 Å². The molecular formula is C20H28O2Si. The van der Waals surface area contributed by atoms with E-state index in [0.29, 0.717) is 6.61 Å². The highest BCUT2D eigenvalue weighted by Gasteiger charge is 2.38. The summed E-state index contributed by atoms with van der Waals surface area (Å²) < 4.78 is 12.3. The Labute approximate surface area is 141 Å². The van der Waals surface area contributed by atoms with Crippen LogP contribution < -0.4 is 9.16 Å². The Morgan fingerprint density at radius 3 is 2.17 bits per heavy atom. The Morgan fingerprint density at radius 2 is 1.61 bits per heavy atom. The predicted octanol–water partition coefficient (Wildman–Crippen LogP) is 5.96. The molecule has 0 spiro atoms. The van der Waals surface area contributed by atoms with Crippen molar-refractivity contribution in [2.45, 2.75) is 52.4 Å². The van der Waals surface area contributed by atoms with Crippen LogP contribution in [0.1, 0.15) is 31.9 Å². The normalized spacial score (nSPS) is 12.1. The zero-order valence-corrected chi connectivity index (χ0v) is 16.1. The first-order valence-corrected chi connectivity index (χ1v) is 11.1. The zero-order valence-electron chi connectivity index (χ0n) is 15.1. The molecule has 0 atom stereocenters. The van der Waals surface area contributed by atoms with Gasteiger partial charge in [0.15, 0.2) is 0 Å². The Hall–Kier alpha value is -1.74. The van der Waals surface area contributed by atoms with Crippen molar-refractivity contribution in [3.05, 3.63) is 59.7 Å². The van der Waals surface area contributed by atoms with E-state index in [-0.39, 0.29) is 5.04 Å². The summed E-state index contributed by atoms with van der Waals surface area (Å²) in [7, 11) is -1.80. The van der Waals surface area contributed by atoms with Crippen molar-refractivity contribution in [2.75, 3.05) is 0 Å². The summed E-state index contributed by atoms with van der Waals surface area (Å²) >= 11 is 0.